The second-order valence-corrected chi connectivity index (χ2v) is 7.52. The van der Waals surface area contributed by atoms with Gasteiger partial charge in [-0.25, -0.2) is 14.0 Å². The summed E-state index contributed by atoms with van der Waals surface area (Å²) in [4.78, 5) is 39.7. The number of hydrogen-bond donors (Lipinski definition) is 1. The van der Waals surface area contributed by atoms with Crippen LogP contribution in [0.1, 0.15) is 19.8 Å². The van der Waals surface area contributed by atoms with Crippen LogP contribution >= 0.6 is 0 Å². The van der Waals surface area contributed by atoms with E-state index in [1.165, 1.54) is 17.0 Å². The van der Waals surface area contributed by atoms with Gasteiger partial charge in [0.05, 0.1) is 17.2 Å². The van der Waals surface area contributed by atoms with E-state index in [0.717, 1.165) is 6.20 Å². The maximum absolute atomic E-state index is 15.7. The zero-order chi connectivity index (χ0) is 22.7. The summed E-state index contributed by atoms with van der Waals surface area (Å²) in [5, 5.41) is 21.0. The first-order valence-corrected chi connectivity index (χ1v) is 10.1. The molecule has 2 aliphatic rings. The van der Waals surface area contributed by atoms with Crippen molar-refractivity contribution in [2.75, 3.05) is 49.6 Å². The third-order valence-corrected chi connectivity index (χ3v) is 5.30. The smallest absolute Gasteiger partial charge is 0.347 e. The number of rotatable bonds is 8. The minimum Gasteiger partial charge on any atom is -0.477 e. The normalized spacial score (nSPS) is 17.4. The van der Waals surface area contributed by atoms with Crippen molar-refractivity contribution < 1.29 is 28.7 Å². The number of benzene rings is 1. The van der Waals surface area contributed by atoms with Gasteiger partial charge >= 0.3 is 11.9 Å². The molecule has 1 aromatic rings. The zero-order valence-electron chi connectivity index (χ0n) is 17.4. The number of carboxylic acid groups (broad SMARTS) is 1. The molecule has 1 aliphatic carbocycles. The standard InChI is InChI=1S/C20H25FN4O6/c1-3-31-20(28)14(19(26)27)12-24(13-4-5-13)15-6-7-16(25(29)30)18(17(15)21)23-10-8-22(2)9-11-23/h6-7,12-13H,3-5,8-11H2,1-2H3,(H,26,27). The quantitative estimate of drug-likeness (QED) is 0.163. The van der Waals surface area contributed by atoms with Gasteiger partial charge in [0.25, 0.3) is 5.69 Å². The van der Waals surface area contributed by atoms with Crippen molar-refractivity contribution in [3.63, 3.8) is 0 Å². The number of nitro groups is 1. The number of esters is 1. The molecule has 1 heterocycles. The maximum Gasteiger partial charge on any atom is 0.347 e. The van der Waals surface area contributed by atoms with Gasteiger partial charge in [-0.1, -0.05) is 0 Å². The van der Waals surface area contributed by atoms with Crippen molar-refractivity contribution in [1.82, 2.24) is 4.90 Å². The van der Waals surface area contributed by atoms with Crippen LogP contribution in [0, 0.1) is 15.9 Å². The number of carbonyl (C=O) groups is 2. The highest BCUT2D eigenvalue weighted by Crippen LogP contribution is 2.41. The number of halogens is 1. The Labute approximate surface area is 178 Å². The molecule has 11 heteroatoms. The van der Waals surface area contributed by atoms with Crippen molar-refractivity contribution in [3.05, 3.63) is 39.8 Å². The predicted octanol–water partition coefficient (Wildman–Crippen LogP) is 1.99. The van der Waals surface area contributed by atoms with Gasteiger partial charge in [0, 0.05) is 44.5 Å². The molecule has 168 valence electrons. The van der Waals surface area contributed by atoms with E-state index in [4.69, 9.17) is 4.74 Å². The Hall–Kier alpha value is -3.21. The first-order chi connectivity index (χ1) is 14.7. The largest absolute Gasteiger partial charge is 0.477 e. The molecule has 31 heavy (non-hydrogen) atoms. The van der Waals surface area contributed by atoms with Crippen LogP contribution in [-0.2, 0) is 14.3 Å². The lowest BCUT2D eigenvalue weighted by Gasteiger charge is -2.34. The van der Waals surface area contributed by atoms with E-state index >= 15 is 4.39 Å². The van der Waals surface area contributed by atoms with E-state index in [1.54, 1.807) is 11.8 Å². The fraction of sp³-hybridized carbons (Fsp3) is 0.500. The highest BCUT2D eigenvalue weighted by atomic mass is 19.1. The highest BCUT2D eigenvalue weighted by molar-refractivity contribution is 6.13. The van der Waals surface area contributed by atoms with Crippen molar-refractivity contribution in [2.24, 2.45) is 0 Å². The van der Waals surface area contributed by atoms with E-state index in [-0.39, 0.29) is 29.7 Å². The third kappa shape index (κ3) is 4.93. The topological polar surface area (TPSA) is 116 Å². The number of hydrogen-bond acceptors (Lipinski definition) is 8. The Morgan fingerprint density at radius 3 is 2.48 bits per heavy atom. The lowest BCUT2D eigenvalue weighted by atomic mass is 10.1. The Balaban J connectivity index is 2.08. The molecular weight excluding hydrogens is 411 g/mol. The van der Waals surface area contributed by atoms with E-state index < -0.39 is 28.3 Å². The summed E-state index contributed by atoms with van der Waals surface area (Å²) in [6.45, 7) is 3.62. The maximum atomic E-state index is 15.7. The second kappa shape index (κ2) is 9.29. The molecule has 0 spiro atoms. The number of nitrogens with zero attached hydrogens (tertiary/aromatic N) is 4. The van der Waals surface area contributed by atoms with Crippen LogP contribution in [0.3, 0.4) is 0 Å². The molecule has 3 rings (SSSR count). The Morgan fingerprint density at radius 1 is 1.32 bits per heavy atom. The number of nitro benzene ring substituents is 1. The molecule has 1 aromatic carbocycles. The molecule has 0 radical (unpaired) electrons. The first kappa shape index (κ1) is 22.5. The fourth-order valence-corrected chi connectivity index (χ4v) is 3.49. The van der Waals surface area contributed by atoms with Crippen LogP contribution in [0.15, 0.2) is 23.9 Å². The lowest BCUT2D eigenvalue weighted by molar-refractivity contribution is -0.384. The molecule has 0 amide bonds. The number of ether oxygens (including phenoxy) is 1. The molecule has 2 fully saturated rings. The lowest BCUT2D eigenvalue weighted by Crippen LogP contribution is -2.45. The number of carboxylic acids is 1. The summed E-state index contributed by atoms with van der Waals surface area (Å²) < 4.78 is 20.5. The average molecular weight is 436 g/mol. The van der Waals surface area contributed by atoms with Crippen molar-refractivity contribution in [3.8, 4) is 0 Å². The summed E-state index contributed by atoms with van der Waals surface area (Å²) in [6, 6.07) is 2.27. The van der Waals surface area contributed by atoms with Crippen molar-refractivity contribution >= 4 is 29.0 Å². The third-order valence-electron chi connectivity index (χ3n) is 5.30. The Kier molecular flexibility index (Phi) is 6.74. The fourth-order valence-electron chi connectivity index (χ4n) is 3.49. The molecule has 1 saturated heterocycles. The zero-order valence-corrected chi connectivity index (χ0v) is 17.4. The van der Waals surface area contributed by atoms with Gasteiger partial charge in [-0.15, -0.1) is 0 Å². The van der Waals surface area contributed by atoms with Gasteiger partial charge in [-0.05, 0) is 32.9 Å². The van der Waals surface area contributed by atoms with Crippen LogP contribution in [0.25, 0.3) is 0 Å². The van der Waals surface area contributed by atoms with Gasteiger partial charge in [-0.2, -0.15) is 0 Å². The molecule has 0 bridgehead atoms. The highest BCUT2D eigenvalue weighted by Gasteiger charge is 2.35. The number of anilines is 2. The van der Waals surface area contributed by atoms with Crippen LogP contribution in [0.2, 0.25) is 0 Å². The van der Waals surface area contributed by atoms with Gasteiger partial charge in [-0.3, -0.25) is 10.1 Å². The van der Waals surface area contributed by atoms with Crippen molar-refractivity contribution in [2.45, 2.75) is 25.8 Å². The number of likely N-dealkylation sites (N-methyl/N-ethyl adjacent to an activating group) is 1. The van der Waals surface area contributed by atoms with E-state index in [0.29, 0.717) is 39.0 Å². The minimum absolute atomic E-state index is 0.00761. The molecular formula is C20H25FN4O6. The summed E-state index contributed by atoms with van der Waals surface area (Å²) in [6.07, 6.45) is 2.41. The van der Waals surface area contributed by atoms with E-state index in [9.17, 15) is 24.8 Å². The van der Waals surface area contributed by atoms with E-state index in [2.05, 4.69) is 0 Å². The van der Waals surface area contributed by atoms with E-state index in [1.807, 2.05) is 11.9 Å². The summed E-state index contributed by atoms with van der Waals surface area (Å²) in [7, 11) is 1.92. The van der Waals surface area contributed by atoms with Crippen LogP contribution in [0.4, 0.5) is 21.5 Å². The van der Waals surface area contributed by atoms with Gasteiger partial charge in [0.15, 0.2) is 17.1 Å². The van der Waals surface area contributed by atoms with Gasteiger partial charge in [0.2, 0.25) is 0 Å². The van der Waals surface area contributed by atoms with Crippen LogP contribution in [-0.4, -0.2) is 72.7 Å². The molecule has 0 unspecified atom stereocenters. The molecule has 1 N–H and O–H groups in total. The molecule has 0 aromatic heterocycles. The van der Waals surface area contributed by atoms with Crippen LogP contribution < -0.4 is 9.80 Å². The Morgan fingerprint density at radius 2 is 1.97 bits per heavy atom. The monoisotopic (exact) mass is 436 g/mol. The second-order valence-electron chi connectivity index (χ2n) is 7.52. The average Bonchev–Trinajstić information content (AvgIpc) is 3.55. The SMILES string of the molecule is CCOC(=O)C(=CN(c1ccc([N+](=O)[O-])c(N2CCN(C)CC2)c1F)C1CC1)C(=O)O. The van der Waals surface area contributed by atoms with Gasteiger partial charge in [0.1, 0.15) is 0 Å². The predicted molar refractivity (Wildman–Crippen MR) is 111 cm³/mol. The summed E-state index contributed by atoms with van der Waals surface area (Å²) >= 11 is 0. The molecule has 1 aliphatic heterocycles. The summed E-state index contributed by atoms with van der Waals surface area (Å²) in [5.41, 5.74) is -1.12. The molecule has 1 saturated carbocycles. The number of aliphatic carboxylic acids is 1. The minimum atomic E-state index is -1.49. The first-order valence-electron chi connectivity index (χ1n) is 10.1. The molecule has 10 nitrogen and oxygen atoms in total. The van der Waals surface area contributed by atoms with Crippen LogP contribution in [0.5, 0.6) is 0 Å². The van der Waals surface area contributed by atoms with Gasteiger partial charge < -0.3 is 24.5 Å². The number of piperazine rings is 1. The Bertz CT molecular complexity index is 909. The van der Waals surface area contributed by atoms with Crippen molar-refractivity contribution in [1.29, 1.82) is 0 Å². The number of carbonyl (C=O) groups excluding carboxylic acids is 1. The molecule has 0 atom stereocenters. The summed E-state index contributed by atoms with van der Waals surface area (Å²) in [5.74, 6) is -3.33.